The number of aromatic nitrogens is 2. The summed E-state index contributed by atoms with van der Waals surface area (Å²) in [5.74, 6) is 0.641. The molecule has 1 rings (SSSR count). The van der Waals surface area contributed by atoms with Gasteiger partial charge in [0.2, 0.25) is 0 Å². The van der Waals surface area contributed by atoms with E-state index in [1.165, 1.54) is 0 Å². The van der Waals surface area contributed by atoms with E-state index < -0.39 is 0 Å². The Labute approximate surface area is 97.8 Å². The van der Waals surface area contributed by atoms with Gasteiger partial charge in [-0.2, -0.15) is 5.10 Å². The number of carbonyl (C=O) groups is 1. The van der Waals surface area contributed by atoms with Crippen molar-refractivity contribution >= 4 is 5.78 Å². The smallest absolute Gasteiger partial charge is 0.140 e. The first kappa shape index (κ1) is 12.9. The summed E-state index contributed by atoms with van der Waals surface area (Å²) in [6, 6.07) is 0. The van der Waals surface area contributed by atoms with Gasteiger partial charge in [-0.25, -0.2) is 0 Å². The summed E-state index contributed by atoms with van der Waals surface area (Å²) in [4.78, 5) is 12.0. The number of aryl methyl sites for hydroxylation is 2. The van der Waals surface area contributed by atoms with Crippen molar-refractivity contribution in [3.63, 3.8) is 0 Å². The average molecular weight is 222 g/mol. The normalized spacial score (nSPS) is 13.2. The molecule has 0 aliphatic rings. The van der Waals surface area contributed by atoms with E-state index in [-0.39, 0.29) is 5.92 Å². The quantitative estimate of drug-likeness (QED) is 0.785. The van der Waals surface area contributed by atoms with E-state index in [4.69, 9.17) is 0 Å². The fourth-order valence-electron chi connectivity index (χ4n) is 2.33. The van der Waals surface area contributed by atoms with Crippen molar-refractivity contribution in [3.05, 3.63) is 17.0 Å². The standard InChI is InChI=1S/C13H22N2O/c1-7-11(16)12(8(2)3)13-9(4)14-15(6)10(13)5/h8,12H,7H2,1-6H3. The monoisotopic (exact) mass is 222 g/mol. The fraction of sp³-hybridized carbons (Fsp3) is 0.692. The maximum Gasteiger partial charge on any atom is 0.140 e. The van der Waals surface area contributed by atoms with Crippen LogP contribution in [0.25, 0.3) is 0 Å². The Bertz CT molecular complexity index is 391. The summed E-state index contributed by atoms with van der Waals surface area (Å²) >= 11 is 0. The van der Waals surface area contributed by atoms with Crippen molar-refractivity contribution in [1.82, 2.24) is 9.78 Å². The van der Waals surface area contributed by atoms with Crippen LogP contribution in [0.2, 0.25) is 0 Å². The van der Waals surface area contributed by atoms with Crippen LogP contribution in [0, 0.1) is 19.8 Å². The number of Topliss-reactive ketones (excluding diaryl/α,β-unsaturated/α-hetero) is 1. The van der Waals surface area contributed by atoms with E-state index in [9.17, 15) is 4.79 Å². The molecule has 0 fully saturated rings. The van der Waals surface area contributed by atoms with Crippen LogP contribution in [0.15, 0.2) is 0 Å². The Morgan fingerprint density at radius 3 is 2.25 bits per heavy atom. The highest BCUT2D eigenvalue weighted by Crippen LogP contribution is 2.31. The minimum atomic E-state index is -0.00120. The van der Waals surface area contributed by atoms with Crippen molar-refractivity contribution in [2.24, 2.45) is 13.0 Å². The van der Waals surface area contributed by atoms with Crippen molar-refractivity contribution in [2.45, 2.75) is 47.0 Å². The van der Waals surface area contributed by atoms with E-state index in [1.54, 1.807) is 0 Å². The van der Waals surface area contributed by atoms with Gasteiger partial charge in [0.25, 0.3) is 0 Å². The Morgan fingerprint density at radius 2 is 1.94 bits per heavy atom. The third kappa shape index (κ3) is 2.18. The summed E-state index contributed by atoms with van der Waals surface area (Å²) in [6.07, 6.45) is 0.594. The highest BCUT2D eigenvalue weighted by atomic mass is 16.1. The van der Waals surface area contributed by atoms with Crippen molar-refractivity contribution in [2.75, 3.05) is 0 Å². The van der Waals surface area contributed by atoms with Crippen LogP contribution in [0.1, 0.15) is 50.1 Å². The van der Waals surface area contributed by atoms with Gasteiger partial charge in [-0.15, -0.1) is 0 Å². The molecule has 0 aliphatic heterocycles. The molecule has 1 heterocycles. The molecule has 1 aromatic rings. The molecule has 0 N–H and O–H groups in total. The Balaban J connectivity index is 3.26. The molecule has 3 nitrogen and oxygen atoms in total. The van der Waals surface area contributed by atoms with Crippen LogP contribution in [-0.4, -0.2) is 15.6 Å². The lowest BCUT2D eigenvalue weighted by atomic mass is 9.83. The van der Waals surface area contributed by atoms with Crippen LogP contribution in [0.5, 0.6) is 0 Å². The van der Waals surface area contributed by atoms with E-state index >= 15 is 0 Å². The highest BCUT2D eigenvalue weighted by Gasteiger charge is 2.27. The lowest BCUT2D eigenvalue weighted by molar-refractivity contribution is -0.121. The second-order valence-corrected chi connectivity index (χ2v) is 4.75. The first-order valence-corrected chi connectivity index (χ1v) is 5.92. The summed E-state index contributed by atoms with van der Waals surface area (Å²) in [5, 5.41) is 4.40. The summed E-state index contributed by atoms with van der Waals surface area (Å²) in [6.45, 7) is 10.2. The Kier molecular flexibility index (Phi) is 3.89. The number of carbonyl (C=O) groups excluding carboxylic acids is 1. The zero-order valence-electron chi connectivity index (χ0n) is 11.2. The Morgan fingerprint density at radius 1 is 1.38 bits per heavy atom. The van der Waals surface area contributed by atoms with Crippen molar-refractivity contribution in [1.29, 1.82) is 0 Å². The first-order chi connectivity index (χ1) is 7.40. The molecule has 0 aromatic carbocycles. The molecule has 16 heavy (non-hydrogen) atoms. The number of rotatable bonds is 4. The lowest BCUT2D eigenvalue weighted by Gasteiger charge is -2.19. The maximum absolute atomic E-state index is 12.0. The molecular weight excluding hydrogens is 200 g/mol. The molecule has 0 aliphatic carbocycles. The van der Waals surface area contributed by atoms with Gasteiger partial charge in [-0.3, -0.25) is 9.48 Å². The molecule has 3 heteroatoms. The van der Waals surface area contributed by atoms with Crippen LogP contribution >= 0.6 is 0 Å². The number of ketones is 1. The largest absolute Gasteiger partial charge is 0.299 e. The van der Waals surface area contributed by atoms with Crippen LogP contribution < -0.4 is 0 Å². The molecule has 0 radical (unpaired) electrons. The SMILES string of the molecule is CCC(=O)C(c1c(C)nn(C)c1C)C(C)C. The maximum atomic E-state index is 12.0. The molecule has 90 valence electrons. The molecular formula is C13H22N2O. The molecule has 0 bridgehead atoms. The highest BCUT2D eigenvalue weighted by molar-refractivity contribution is 5.86. The number of hydrogen-bond acceptors (Lipinski definition) is 2. The molecule has 0 saturated carbocycles. The van der Waals surface area contributed by atoms with Gasteiger partial charge < -0.3 is 0 Å². The average Bonchev–Trinajstić information content (AvgIpc) is 2.44. The van der Waals surface area contributed by atoms with Gasteiger partial charge in [0.1, 0.15) is 5.78 Å². The first-order valence-electron chi connectivity index (χ1n) is 5.92. The number of hydrogen-bond donors (Lipinski definition) is 0. The molecule has 0 spiro atoms. The van der Waals surface area contributed by atoms with Gasteiger partial charge in [0.15, 0.2) is 0 Å². The summed E-state index contributed by atoms with van der Waals surface area (Å²) in [7, 11) is 1.93. The van der Waals surface area contributed by atoms with Gasteiger partial charge in [0.05, 0.1) is 5.69 Å². The topological polar surface area (TPSA) is 34.9 Å². The second-order valence-electron chi connectivity index (χ2n) is 4.75. The van der Waals surface area contributed by atoms with E-state index in [2.05, 4.69) is 18.9 Å². The predicted octanol–water partition coefficient (Wildman–Crippen LogP) is 2.76. The van der Waals surface area contributed by atoms with Gasteiger partial charge in [-0.05, 0) is 19.8 Å². The van der Waals surface area contributed by atoms with Crippen LogP contribution in [0.3, 0.4) is 0 Å². The van der Waals surface area contributed by atoms with Gasteiger partial charge in [0, 0.05) is 30.6 Å². The van der Waals surface area contributed by atoms with Crippen LogP contribution in [-0.2, 0) is 11.8 Å². The minimum Gasteiger partial charge on any atom is -0.299 e. The molecule has 1 aromatic heterocycles. The van der Waals surface area contributed by atoms with Gasteiger partial charge >= 0.3 is 0 Å². The van der Waals surface area contributed by atoms with Crippen molar-refractivity contribution in [3.8, 4) is 0 Å². The summed E-state index contributed by atoms with van der Waals surface area (Å²) < 4.78 is 1.86. The van der Waals surface area contributed by atoms with E-state index in [0.717, 1.165) is 17.0 Å². The zero-order valence-corrected chi connectivity index (χ0v) is 11.2. The Hall–Kier alpha value is -1.12. The molecule has 0 saturated heterocycles. The molecule has 1 atom stereocenters. The summed E-state index contributed by atoms with van der Waals surface area (Å²) in [5.41, 5.74) is 3.22. The van der Waals surface area contributed by atoms with Gasteiger partial charge in [-0.1, -0.05) is 20.8 Å². The zero-order chi connectivity index (χ0) is 12.5. The van der Waals surface area contributed by atoms with Crippen LogP contribution in [0.4, 0.5) is 0 Å². The second kappa shape index (κ2) is 4.81. The predicted molar refractivity (Wildman–Crippen MR) is 65.6 cm³/mol. The minimum absolute atomic E-state index is 0.00120. The number of nitrogens with zero attached hydrogens (tertiary/aromatic N) is 2. The third-order valence-corrected chi connectivity index (χ3v) is 3.24. The lowest BCUT2D eigenvalue weighted by Crippen LogP contribution is -2.19. The van der Waals surface area contributed by atoms with E-state index in [0.29, 0.717) is 18.1 Å². The molecule has 0 amide bonds. The third-order valence-electron chi connectivity index (χ3n) is 3.24. The van der Waals surface area contributed by atoms with Crippen molar-refractivity contribution < 1.29 is 4.79 Å². The van der Waals surface area contributed by atoms with E-state index in [1.807, 2.05) is 32.5 Å². The fourth-order valence-corrected chi connectivity index (χ4v) is 2.33. The molecule has 1 unspecified atom stereocenters.